The summed E-state index contributed by atoms with van der Waals surface area (Å²) < 4.78 is 28.3. The van der Waals surface area contributed by atoms with E-state index in [1.807, 2.05) is 36.4 Å². The summed E-state index contributed by atoms with van der Waals surface area (Å²) in [6.07, 6.45) is 4.56. The van der Waals surface area contributed by atoms with Gasteiger partial charge in [0.15, 0.2) is 0 Å². The van der Waals surface area contributed by atoms with E-state index >= 15 is 0 Å². The molecule has 5 nitrogen and oxygen atoms in total. The van der Waals surface area contributed by atoms with Crippen LogP contribution in [-0.2, 0) is 40.6 Å². The summed E-state index contributed by atoms with van der Waals surface area (Å²) in [4.78, 5) is 12.8. The molecule has 4 rings (SSSR count). The van der Waals surface area contributed by atoms with Crippen LogP contribution in [0.25, 0.3) is 0 Å². The molecule has 0 unspecified atom stereocenters. The number of aryl methyl sites for hydroxylation is 2. The number of hydrogen-bond acceptors (Lipinski definition) is 3. The van der Waals surface area contributed by atoms with Gasteiger partial charge in [-0.1, -0.05) is 30.3 Å². The van der Waals surface area contributed by atoms with E-state index < -0.39 is 16.1 Å². The second-order valence-electron chi connectivity index (χ2n) is 7.29. The van der Waals surface area contributed by atoms with Gasteiger partial charge in [0.2, 0.25) is 15.9 Å². The predicted octanol–water partition coefficient (Wildman–Crippen LogP) is 2.43. The third-order valence-electron chi connectivity index (χ3n) is 5.68. The number of nitrogens with zero attached hydrogens (tertiary/aromatic N) is 1. The van der Waals surface area contributed by atoms with Crippen LogP contribution in [0, 0.1) is 0 Å². The van der Waals surface area contributed by atoms with Crippen LogP contribution in [0.2, 0.25) is 0 Å². The minimum atomic E-state index is -3.77. The van der Waals surface area contributed by atoms with E-state index in [0.29, 0.717) is 6.42 Å². The Labute approximate surface area is 160 Å². The number of rotatable bonds is 3. The monoisotopic (exact) mass is 384 g/mol. The van der Waals surface area contributed by atoms with Crippen LogP contribution < -0.4 is 5.32 Å². The molecule has 1 N–H and O–H groups in total. The highest BCUT2D eigenvalue weighted by molar-refractivity contribution is 7.89. The van der Waals surface area contributed by atoms with Crippen molar-refractivity contribution >= 4 is 15.9 Å². The topological polar surface area (TPSA) is 66.5 Å². The number of likely N-dealkylation sites (N-methyl/N-ethyl adjacent to an activating group) is 1. The maximum absolute atomic E-state index is 13.5. The molecule has 0 saturated carbocycles. The van der Waals surface area contributed by atoms with Crippen LogP contribution in [0.3, 0.4) is 0 Å². The predicted molar refractivity (Wildman–Crippen MR) is 104 cm³/mol. The molecule has 2 aromatic rings. The Morgan fingerprint density at radius 1 is 1.00 bits per heavy atom. The molecule has 0 saturated heterocycles. The highest BCUT2D eigenvalue weighted by atomic mass is 32.2. The van der Waals surface area contributed by atoms with Crippen LogP contribution in [-0.4, -0.2) is 31.7 Å². The highest BCUT2D eigenvalue weighted by Gasteiger charge is 2.39. The molecule has 0 spiro atoms. The Balaban J connectivity index is 1.75. The van der Waals surface area contributed by atoms with E-state index in [1.54, 1.807) is 13.1 Å². The van der Waals surface area contributed by atoms with Gasteiger partial charge in [-0.05, 0) is 66.5 Å². The Morgan fingerprint density at radius 2 is 1.70 bits per heavy atom. The molecule has 6 heteroatoms. The smallest absolute Gasteiger partial charge is 0.244 e. The van der Waals surface area contributed by atoms with Crippen molar-refractivity contribution in [1.29, 1.82) is 0 Å². The van der Waals surface area contributed by atoms with Crippen molar-refractivity contribution in [3.8, 4) is 0 Å². The molecule has 1 heterocycles. The summed E-state index contributed by atoms with van der Waals surface area (Å²) in [5, 5.41) is 2.62. The molecule has 0 fully saturated rings. The summed E-state index contributed by atoms with van der Waals surface area (Å²) in [5.74, 6) is -0.272. The van der Waals surface area contributed by atoms with Gasteiger partial charge in [-0.2, -0.15) is 4.31 Å². The molecule has 27 heavy (non-hydrogen) atoms. The van der Waals surface area contributed by atoms with Crippen LogP contribution >= 0.6 is 0 Å². The molecule has 142 valence electrons. The molecular weight excluding hydrogens is 360 g/mol. The summed E-state index contributed by atoms with van der Waals surface area (Å²) in [5.41, 5.74) is 4.35. The van der Waals surface area contributed by atoms with Gasteiger partial charge in [-0.25, -0.2) is 8.42 Å². The lowest BCUT2D eigenvalue weighted by Gasteiger charge is -2.35. The minimum absolute atomic E-state index is 0.216. The Morgan fingerprint density at radius 3 is 2.44 bits per heavy atom. The first kappa shape index (κ1) is 18.2. The van der Waals surface area contributed by atoms with Crippen molar-refractivity contribution in [2.45, 2.75) is 49.6 Å². The third-order valence-corrected chi connectivity index (χ3v) is 7.53. The first-order valence-electron chi connectivity index (χ1n) is 9.43. The molecule has 2 aliphatic rings. The fraction of sp³-hybridized carbons (Fsp3) is 0.381. The zero-order valence-corrected chi connectivity index (χ0v) is 16.3. The fourth-order valence-corrected chi connectivity index (χ4v) is 5.76. The van der Waals surface area contributed by atoms with Gasteiger partial charge >= 0.3 is 0 Å². The van der Waals surface area contributed by atoms with E-state index in [2.05, 4.69) is 5.32 Å². The van der Waals surface area contributed by atoms with E-state index in [-0.39, 0.29) is 17.3 Å². The Hall–Kier alpha value is -2.18. The largest absolute Gasteiger partial charge is 0.358 e. The average Bonchev–Trinajstić information content (AvgIpc) is 2.71. The molecular formula is C21H24N2O3S. The first-order chi connectivity index (χ1) is 13.0. The quantitative estimate of drug-likeness (QED) is 0.884. The maximum Gasteiger partial charge on any atom is 0.244 e. The maximum atomic E-state index is 13.5. The van der Waals surface area contributed by atoms with Gasteiger partial charge < -0.3 is 5.32 Å². The van der Waals surface area contributed by atoms with Crippen LogP contribution in [0.5, 0.6) is 0 Å². The molecule has 2 aromatic carbocycles. The standard InChI is InChI=1S/C21H24N2O3S/c1-22-21(24)20-13-17-8-4-5-9-18(17)14-23(20)27(25,26)19-11-10-15-6-2-3-7-16(15)12-19/h4-5,8-12,20H,2-3,6-7,13-14H2,1H3,(H,22,24)/t20-/m0/s1. The van der Waals surface area contributed by atoms with E-state index in [0.717, 1.165) is 42.4 Å². The molecule has 0 aromatic heterocycles. The van der Waals surface area contributed by atoms with E-state index in [9.17, 15) is 13.2 Å². The van der Waals surface area contributed by atoms with E-state index in [1.165, 1.54) is 9.87 Å². The first-order valence-corrected chi connectivity index (χ1v) is 10.9. The normalized spacial score (nSPS) is 19.8. The number of carbonyl (C=O) groups is 1. The average molecular weight is 385 g/mol. The lowest BCUT2D eigenvalue weighted by atomic mass is 9.92. The number of amides is 1. The second-order valence-corrected chi connectivity index (χ2v) is 9.18. The van der Waals surface area contributed by atoms with Gasteiger partial charge in [0, 0.05) is 13.6 Å². The SMILES string of the molecule is CNC(=O)[C@@H]1Cc2ccccc2CN1S(=O)(=O)c1ccc2c(c1)CCCC2. The number of fused-ring (bicyclic) bond motifs is 2. The second kappa shape index (κ2) is 7.09. The summed E-state index contributed by atoms with van der Waals surface area (Å²) in [6, 6.07) is 12.4. The summed E-state index contributed by atoms with van der Waals surface area (Å²) >= 11 is 0. The number of hydrogen-bond donors (Lipinski definition) is 1. The van der Waals surface area contributed by atoms with Gasteiger partial charge in [0.05, 0.1) is 4.90 Å². The number of carbonyl (C=O) groups excluding carboxylic acids is 1. The van der Waals surface area contributed by atoms with E-state index in [4.69, 9.17) is 0 Å². The summed E-state index contributed by atoms with van der Waals surface area (Å²) in [6.45, 7) is 0.216. The van der Waals surface area contributed by atoms with Crippen LogP contribution in [0.1, 0.15) is 35.1 Å². The van der Waals surface area contributed by atoms with Crippen molar-refractivity contribution in [3.05, 3.63) is 64.7 Å². The third kappa shape index (κ3) is 3.28. The highest BCUT2D eigenvalue weighted by Crippen LogP contribution is 2.31. The van der Waals surface area contributed by atoms with Crippen LogP contribution in [0.4, 0.5) is 0 Å². The number of sulfonamides is 1. The number of nitrogens with one attached hydrogen (secondary N) is 1. The van der Waals surface area contributed by atoms with Gasteiger partial charge in [0.1, 0.15) is 6.04 Å². The fourth-order valence-electron chi connectivity index (χ4n) is 4.15. The van der Waals surface area contributed by atoms with Gasteiger partial charge in [-0.3, -0.25) is 4.79 Å². The molecule has 0 radical (unpaired) electrons. The molecule has 0 bridgehead atoms. The van der Waals surface area contributed by atoms with Crippen molar-refractivity contribution < 1.29 is 13.2 Å². The molecule has 1 atom stereocenters. The zero-order valence-electron chi connectivity index (χ0n) is 15.4. The molecule has 1 aliphatic heterocycles. The van der Waals surface area contributed by atoms with Crippen LogP contribution in [0.15, 0.2) is 47.4 Å². The van der Waals surface area contributed by atoms with Crippen molar-refractivity contribution in [2.75, 3.05) is 7.05 Å². The Kier molecular flexibility index (Phi) is 4.78. The Bertz CT molecular complexity index is 985. The molecule has 1 amide bonds. The zero-order chi connectivity index (χ0) is 19.0. The van der Waals surface area contributed by atoms with Gasteiger partial charge in [0.25, 0.3) is 0 Å². The molecule has 1 aliphatic carbocycles. The summed E-state index contributed by atoms with van der Waals surface area (Å²) in [7, 11) is -2.22. The van der Waals surface area contributed by atoms with Gasteiger partial charge in [-0.15, -0.1) is 0 Å². The number of benzene rings is 2. The van der Waals surface area contributed by atoms with Crippen molar-refractivity contribution in [1.82, 2.24) is 9.62 Å². The lowest BCUT2D eigenvalue weighted by Crippen LogP contribution is -2.51. The minimum Gasteiger partial charge on any atom is -0.358 e. The lowest BCUT2D eigenvalue weighted by molar-refractivity contribution is -0.124. The van der Waals surface area contributed by atoms with Crippen molar-refractivity contribution in [3.63, 3.8) is 0 Å². The van der Waals surface area contributed by atoms with Crippen molar-refractivity contribution in [2.24, 2.45) is 0 Å².